The van der Waals surface area contributed by atoms with E-state index in [0.717, 1.165) is 0 Å². The third kappa shape index (κ3) is 0.885. The van der Waals surface area contributed by atoms with E-state index in [1.165, 1.54) is 16.8 Å². The van der Waals surface area contributed by atoms with E-state index >= 15 is 0 Å². The second-order valence-electron chi connectivity index (χ2n) is 2.25. The van der Waals surface area contributed by atoms with Gasteiger partial charge in [-0.3, -0.25) is 0 Å². The van der Waals surface area contributed by atoms with Crippen molar-refractivity contribution in [2.45, 2.75) is 0 Å². The van der Waals surface area contributed by atoms with Crippen LogP contribution >= 0.6 is 0 Å². The van der Waals surface area contributed by atoms with Gasteiger partial charge >= 0.3 is 67.0 Å². The Bertz CT molecular complexity index is 439. The van der Waals surface area contributed by atoms with Crippen molar-refractivity contribution >= 4 is 18.5 Å². The Hall–Kier alpha value is -1.72. The zero-order valence-electron chi connectivity index (χ0n) is 6.01. The van der Waals surface area contributed by atoms with E-state index in [-0.39, 0.29) is 5.56 Å². The summed E-state index contributed by atoms with van der Waals surface area (Å²) in [4.78, 5) is 14.5. The Labute approximate surface area is 67.9 Å². The number of fused-ring (bicyclic) bond motifs is 1. The summed E-state index contributed by atoms with van der Waals surface area (Å²) in [6, 6.07) is 0. The summed E-state index contributed by atoms with van der Waals surface area (Å²) in [6.07, 6.45) is 4.46. The third-order valence-electron chi connectivity index (χ3n) is 1.51. The summed E-state index contributed by atoms with van der Waals surface area (Å²) in [6.45, 7) is 1.69. The summed E-state index contributed by atoms with van der Waals surface area (Å²) < 4.78 is 1.42. The standard InChI is InChI=1S/C6H4BN3O2/c11-6(12)4-1-9-10-3-7-2-8-5(4)10/h1-3H,(H,11,12). The van der Waals surface area contributed by atoms with E-state index in [0.29, 0.717) is 5.65 Å². The Kier molecular flexibility index (Phi) is 1.39. The van der Waals surface area contributed by atoms with Gasteiger partial charge in [-0.1, -0.05) is 0 Å². The zero-order chi connectivity index (χ0) is 8.55. The number of hydrogen-bond acceptors (Lipinski definition) is 3. The predicted molar refractivity (Wildman–Crippen MR) is 41.3 cm³/mol. The van der Waals surface area contributed by atoms with Crippen LogP contribution in [0.15, 0.2) is 18.4 Å². The van der Waals surface area contributed by atoms with E-state index < -0.39 is 5.97 Å². The van der Waals surface area contributed by atoms with E-state index in [4.69, 9.17) is 5.11 Å². The summed E-state index contributed by atoms with van der Waals surface area (Å²) >= 11 is 0. The Morgan fingerprint density at radius 3 is 3.25 bits per heavy atom. The zero-order valence-corrected chi connectivity index (χ0v) is 6.01. The molecule has 0 aliphatic heterocycles. The molecule has 0 amide bonds. The quantitative estimate of drug-likeness (QED) is 0.626. The third-order valence-corrected chi connectivity index (χ3v) is 1.51. The molecule has 0 radical (unpaired) electrons. The first kappa shape index (κ1) is 6.96. The van der Waals surface area contributed by atoms with Gasteiger partial charge in [0.2, 0.25) is 0 Å². The van der Waals surface area contributed by atoms with Crippen molar-refractivity contribution < 1.29 is 9.90 Å². The van der Waals surface area contributed by atoms with Crippen LogP contribution in [0.3, 0.4) is 0 Å². The molecule has 0 atom stereocenters. The van der Waals surface area contributed by atoms with Crippen LogP contribution in [-0.4, -0.2) is 32.6 Å². The normalized spacial score (nSPS) is 10.0. The molecule has 0 unspecified atom stereocenters. The van der Waals surface area contributed by atoms with Gasteiger partial charge in [-0.25, -0.2) is 0 Å². The molecule has 0 fully saturated rings. The first-order valence-corrected chi connectivity index (χ1v) is 3.30. The van der Waals surface area contributed by atoms with Gasteiger partial charge in [-0.05, 0) is 0 Å². The average Bonchev–Trinajstić information content (AvgIpc) is 2.47. The van der Waals surface area contributed by atoms with E-state index in [9.17, 15) is 4.79 Å². The van der Waals surface area contributed by atoms with Gasteiger partial charge in [-0.15, -0.1) is 0 Å². The number of aromatic carboxylic acids is 1. The number of rotatable bonds is 1. The SMILES string of the molecule is O=C(O)c1cnn2cbcnc12. The molecule has 0 saturated heterocycles. The van der Waals surface area contributed by atoms with Gasteiger partial charge < -0.3 is 0 Å². The van der Waals surface area contributed by atoms with Gasteiger partial charge in [0.25, 0.3) is 0 Å². The summed E-state index contributed by atoms with van der Waals surface area (Å²) in [5, 5.41) is 12.5. The number of aromatic nitrogens is 3. The Balaban J connectivity index is 2.79. The molecule has 0 aromatic carbocycles. The van der Waals surface area contributed by atoms with Crippen molar-refractivity contribution in [2.24, 2.45) is 0 Å². The van der Waals surface area contributed by atoms with Crippen LogP contribution in [-0.2, 0) is 0 Å². The molecule has 0 spiro atoms. The molecule has 12 heavy (non-hydrogen) atoms. The van der Waals surface area contributed by atoms with Crippen molar-refractivity contribution in [2.75, 3.05) is 0 Å². The van der Waals surface area contributed by atoms with Crippen LogP contribution in [0.1, 0.15) is 10.4 Å². The van der Waals surface area contributed by atoms with Crippen molar-refractivity contribution in [1.82, 2.24) is 14.6 Å². The van der Waals surface area contributed by atoms with Crippen LogP contribution in [0.4, 0.5) is 0 Å². The molecule has 1 N–H and O–H groups in total. The average molecular weight is 161 g/mol. The molecule has 2 rings (SSSR count). The first-order chi connectivity index (χ1) is 5.79. The van der Waals surface area contributed by atoms with Crippen LogP contribution in [0, 0.1) is 0 Å². The summed E-state index contributed by atoms with van der Waals surface area (Å²) in [7, 11) is 0. The minimum absolute atomic E-state index is 0.121. The number of carboxylic acid groups (broad SMARTS) is 1. The number of carboxylic acids is 1. The summed E-state index contributed by atoms with van der Waals surface area (Å²) in [5.74, 6) is -1.01. The van der Waals surface area contributed by atoms with Crippen molar-refractivity contribution in [3.8, 4) is 0 Å². The number of nitrogens with zero attached hydrogens (tertiary/aromatic N) is 3. The number of hydrogen-bond donors (Lipinski definition) is 1. The van der Waals surface area contributed by atoms with Crippen LogP contribution in [0.2, 0.25) is 0 Å². The van der Waals surface area contributed by atoms with Crippen LogP contribution in [0.5, 0.6) is 0 Å². The molecular formula is C6H4BN3O2. The topological polar surface area (TPSA) is 67.5 Å². The molecule has 5 nitrogen and oxygen atoms in total. The second-order valence-corrected chi connectivity index (χ2v) is 2.25. The molecule has 0 aliphatic carbocycles. The van der Waals surface area contributed by atoms with E-state index in [1.54, 1.807) is 13.0 Å². The van der Waals surface area contributed by atoms with Crippen molar-refractivity contribution in [3.63, 3.8) is 0 Å². The van der Waals surface area contributed by atoms with Gasteiger partial charge in [0.15, 0.2) is 0 Å². The molecule has 2 heterocycles. The molecule has 0 saturated carbocycles. The maximum absolute atomic E-state index is 10.6. The van der Waals surface area contributed by atoms with Gasteiger partial charge in [-0.2, -0.15) is 0 Å². The van der Waals surface area contributed by atoms with Crippen LogP contribution in [0.25, 0.3) is 5.65 Å². The van der Waals surface area contributed by atoms with E-state index in [1.807, 2.05) is 0 Å². The maximum atomic E-state index is 10.6. The molecule has 0 aliphatic rings. The van der Waals surface area contributed by atoms with Gasteiger partial charge in [0, 0.05) is 0 Å². The van der Waals surface area contributed by atoms with Gasteiger partial charge in [0.1, 0.15) is 0 Å². The predicted octanol–water partition coefficient (Wildman–Crippen LogP) is -0.234. The number of carbonyl (C=O) groups is 1. The fraction of sp³-hybridized carbons (Fsp3) is 0. The molecule has 58 valence electrons. The molecule has 0 bridgehead atoms. The van der Waals surface area contributed by atoms with Crippen LogP contribution < -0.4 is 0 Å². The fourth-order valence-corrected chi connectivity index (χ4v) is 0.978. The summed E-state index contributed by atoms with van der Waals surface area (Å²) in [5.41, 5.74) is 0.487. The van der Waals surface area contributed by atoms with Gasteiger partial charge in [0.05, 0.1) is 0 Å². The Morgan fingerprint density at radius 2 is 2.50 bits per heavy atom. The molecule has 2 aromatic heterocycles. The molecular weight excluding hydrogens is 157 g/mol. The minimum atomic E-state index is -1.01. The van der Waals surface area contributed by atoms with Crippen molar-refractivity contribution in [1.29, 1.82) is 0 Å². The molecule has 2 aromatic rings. The Morgan fingerprint density at radius 1 is 1.67 bits per heavy atom. The van der Waals surface area contributed by atoms with Crippen molar-refractivity contribution in [3.05, 3.63) is 23.9 Å². The first-order valence-electron chi connectivity index (χ1n) is 3.30. The molecule has 6 heteroatoms. The monoisotopic (exact) mass is 161 g/mol. The second kappa shape index (κ2) is 2.40. The van der Waals surface area contributed by atoms with E-state index in [2.05, 4.69) is 10.1 Å². The fourth-order valence-electron chi connectivity index (χ4n) is 0.978.